The normalized spacial score (nSPS) is 9.38. The van der Waals surface area contributed by atoms with Crippen LogP contribution in [-0.4, -0.2) is 29.6 Å². The summed E-state index contributed by atoms with van der Waals surface area (Å²) in [5.74, 6) is -0.345. The molecule has 0 fully saturated rings. The van der Waals surface area contributed by atoms with Crippen molar-refractivity contribution in [1.29, 1.82) is 0 Å². The van der Waals surface area contributed by atoms with Crippen LogP contribution in [0.2, 0.25) is 0 Å². The summed E-state index contributed by atoms with van der Waals surface area (Å²) < 4.78 is 0. The molecular weight excluding hydrogens is 190 g/mol. The Hall–Kier alpha value is -0.840. The van der Waals surface area contributed by atoms with Crippen LogP contribution in [-0.2, 0) is 14.4 Å². The zero-order valence-electron chi connectivity index (χ0n) is 7.75. The quantitative estimate of drug-likeness (QED) is 0.700. The summed E-state index contributed by atoms with van der Waals surface area (Å²) in [6.07, 6.45) is 2.06. The molecule has 1 amide bonds. The van der Waals surface area contributed by atoms with E-state index >= 15 is 0 Å². The van der Waals surface area contributed by atoms with Crippen LogP contribution in [0, 0.1) is 0 Å². The van der Waals surface area contributed by atoms with Crippen LogP contribution in [0.15, 0.2) is 0 Å². The van der Waals surface area contributed by atoms with E-state index in [9.17, 15) is 14.4 Å². The van der Waals surface area contributed by atoms with Crippen molar-refractivity contribution in [3.8, 4) is 0 Å². The SMILES string of the molecule is CSC(=O)CCC(=O)NCC(C)=O. The molecule has 13 heavy (non-hydrogen) atoms. The van der Waals surface area contributed by atoms with Gasteiger partial charge in [0.15, 0.2) is 5.12 Å². The fourth-order valence-corrected chi connectivity index (χ4v) is 0.935. The summed E-state index contributed by atoms with van der Waals surface area (Å²) in [7, 11) is 0. The van der Waals surface area contributed by atoms with E-state index in [2.05, 4.69) is 5.32 Å². The number of rotatable bonds is 5. The summed E-state index contributed by atoms with van der Waals surface area (Å²) in [6, 6.07) is 0. The molecule has 0 bridgehead atoms. The molecule has 0 radical (unpaired) electrons. The van der Waals surface area contributed by atoms with Crippen LogP contribution < -0.4 is 5.32 Å². The Labute approximate surface area is 81.5 Å². The molecule has 0 heterocycles. The van der Waals surface area contributed by atoms with Gasteiger partial charge >= 0.3 is 0 Å². The van der Waals surface area contributed by atoms with Crippen molar-refractivity contribution in [1.82, 2.24) is 5.32 Å². The lowest BCUT2D eigenvalue weighted by Gasteiger charge is -2.00. The molecular formula is C8H13NO3S. The predicted molar refractivity (Wildman–Crippen MR) is 51.4 cm³/mol. The molecule has 0 spiro atoms. The van der Waals surface area contributed by atoms with Gasteiger partial charge in [0, 0.05) is 12.8 Å². The molecule has 1 N–H and O–H groups in total. The Morgan fingerprint density at radius 1 is 1.23 bits per heavy atom. The molecule has 0 saturated carbocycles. The van der Waals surface area contributed by atoms with Crippen LogP contribution in [0.3, 0.4) is 0 Å². The topological polar surface area (TPSA) is 63.2 Å². The lowest BCUT2D eigenvalue weighted by atomic mass is 10.3. The molecule has 5 heteroatoms. The van der Waals surface area contributed by atoms with Crippen LogP contribution in [0.25, 0.3) is 0 Å². The van der Waals surface area contributed by atoms with Gasteiger partial charge in [-0.25, -0.2) is 0 Å². The fraction of sp³-hybridized carbons (Fsp3) is 0.625. The van der Waals surface area contributed by atoms with Crippen LogP contribution in [0.1, 0.15) is 19.8 Å². The molecule has 0 saturated heterocycles. The lowest BCUT2D eigenvalue weighted by molar-refractivity contribution is -0.125. The second-order valence-electron chi connectivity index (χ2n) is 2.55. The maximum absolute atomic E-state index is 10.9. The van der Waals surface area contributed by atoms with E-state index in [1.807, 2.05) is 0 Å². The minimum Gasteiger partial charge on any atom is -0.349 e. The first-order valence-electron chi connectivity index (χ1n) is 3.89. The molecule has 0 aromatic heterocycles. The van der Waals surface area contributed by atoms with Gasteiger partial charge in [-0.15, -0.1) is 0 Å². The van der Waals surface area contributed by atoms with Gasteiger partial charge < -0.3 is 5.32 Å². The minimum atomic E-state index is -0.252. The van der Waals surface area contributed by atoms with E-state index in [-0.39, 0.29) is 36.2 Å². The zero-order chi connectivity index (χ0) is 10.3. The molecule has 0 atom stereocenters. The van der Waals surface area contributed by atoms with Crippen molar-refractivity contribution >= 4 is 28.6 Å². The van der Waals surface area contributed by atoms with Gasteiger partial charge in [0.2, 0.25) is 5.91 Å². The van der Waals surface area contributed by atoms with Crippen LogP contribution in [0.5, 0.6) is 0 Å². The predicted octanol–water partition coefficient (Wildman–Crippen LogP) is 0.361. The van der Waals surface area contributed by atoms with E-state index in [1.54, 1.807) is 6.26 Å². The number of carbonyl (C=O) groups is 3. The maximum Gasteiger partial charge on any atom is 0.220 e. The molecule has 0 aromatic rings. The highest BCUT2D eigenvalue weighted by molar-refractivity contribution is 8.13. The van der Waals surface area contributed by atoms with E-state index < -0.39 is 0 Å². The third kappa shape index (κ3) is 7.52. The Morgan fingerprint density at radius 2 is 1.85 bits per heavy atom. The summed E-state index contributed by atoms with van der Waals surface area (Å²) in [5, 5.41) is 2.40. The Morgan fingerprint density at radius 3 is 2.31 bits per heavy atom. The lowest BCUT2D eigenvalue weighted by Crippen LogP contribution is -2.28. The molecule has 4 nitrogen and oxygen atoms in total. The third-order valence-corrected chi connectivity index (χ3v) is 1.98. The smallest absolute Gasteiger partial charge is 0.220 e. The Kier molecular flexibility index (Phi) is 6.22. The van der Waals surface area contributed by atoms with E-state index in [1.165, 1.54) is 6.92 Å². The summed E-state index contributed by atoms with van der Waals surface area (Å²) in [6.45, 7) is 1.44. The van der Waals surface area contributed by atoms with Crippen molar-refractivity contribution < 1.29 is 14.4 Å². The first kappa shape index (κ1) is 12.2. The highest BCUT2D eigenvalue weighted by Gasteiger charge is 2.05. The number of nitrogens with one attached hydrogen (secondary N) is 1. The number of ketones is 1. The second kappa shape index (κ2) is 6.65. The van der Waals surface area contributed by atoms with Gasteiger partial charge in [0.1, 0.15) is 5.78 Å². The highest BCUT2D eigenvalue weighted by atomic mass is 32.2. The van der Waals surface area contributed by atoms with E-state index in [0.29, 0.717) is 0 Å². The van der Waals surface area contributed by atoms with Gasteiger partial charge in [-0.05, 0) is 13.2 Å². The van der Waals surface area contributed by atoms with Gasteiger partial charge in [-0.1, -0.05) is 11.8 Å². The number of thioether (sulfide) groups is 1. The first-order valence-corrected chi connectivity index (χ1v) is 5.11. The number of hydrogen-bond donors (Lipinski definition) is 1. The Balaban J connectivity index is 3.52. The largest absolute Gasteiger partial charge is 0.349 e. The fourth-order valence-electron chi connectivity index (χ4n) is 0.629. The van der Waals surface area contributed by atoms with Crippen molar-refractivity contribution in [2.45, 2.75) is 19.8 Å². The molecule has 0 rings (SSSR count). The van der Waals surface area contributed by atoms with Crippen molar-refractivity contribution in [2.75, 3.05) is 12.8 Å². The van der Waals surface area contributed by atoms with E-state index in [0.717, 1.165) is 11.8 Å². The summed E-state index contributed by atoms with van der Waals surface area (Å²) >= 11 is 1.11. The standard InChI is InChI=1S/C8H13NO3S/c1-6(10)5-9-7(11)3-4-8(12)13-2/h3-5H2,1-2H3,(H,9,11). The molecule has 0 unspecified atom stereocenters. The molecule has 0 aliphatic carbocycles. The van der Waals surface area contributed by atoms with Crippen molar-refractivity contribution in [3.63, 3.8) is 0 Å². The number of Topliss-reactive ketones (excluding diaryl/α,β-unsaturated/α-hetero) is 1. The zero-order valence-corrected chi connectivity index (χ0v) is 8.57. The highest BCUT2D eigenvalue weighted by Crippen LogP contribution is 2.01. The summed E-state index contributed by atoms with van der Waals surface area (Å²) in [4.78, 5) is 32.2. The van der Waals surface area contributed by atoms with Gasteiger partial charge in [0.05, 0.1) is 6.54 Å². The first-order chi connectivity index (χ1) is 6.06. The molecule has 0 aliphatic heterocycles. The number of carbonyl (C=O) groups excluding carboxylic acids is 3. The Bertz CT molecular complexity index is 215. The average Bonchev–Trinajstić information content (AvgIpc) is 2.10. The molecule has 74 valence electrons. The molecule has 0 aromatic carbocycles. The third-order valence-electron chi connectivity index (χ3n) is 1.32. The minimum absolute atomic E-state index is 0.0158. The van der Waals surface area contributed by atoms with Crippen LogP contribution in [0.4, 0.5) is 0 Å². The van der Waals surface area contributed by atoms with E-state index in [4.69, 9.17) is 0 Å². The number of amides is 1. The van der Waals surface area contributed by atoms with Gasteiger partial charge in [-0.3, -0.25) is 14.4 Å². The van der Waals surface area contributed by atoms with Crippen molar-refractivity contribution in [2.24, 2.45) is 0 Å². The monoisotopic (exact) mass is 203 g/mol. The van der Waals surface area contributed by atoms with Gasteiger partial charge in [-0.2, -0.15) is 0 Å². The van der Waals surface area contributed by atoms with Crippen molar-refractivity contribution in [3.05, 3.63) is 0 Å². The second-order valence-corrected chi connectivity index (χ2v) is 3.42. The van der Waals surface area contributed by atoms with Gasteiger partial charge in [0.25, 0.3) is 0 Å². The average molecular weight is 203 g/mol. The molecule has 0 aliphatic rings. The van der Waals surface area contributed by atoms with Crippen LogP contribution >= 0.6 is 11.8 Å². The number of hydrogen-bond acceptors (Lipinski definition) is 4. The summed E-state index contributed by atoms with van der Waals surface area (Å²) in [5.41, 5.74) is 0. The maximum atomic E-state index is 10.9.